The van der Waals surface area contributed by atoms with E-state index in [4.69, 9.17) is 0 Å². The quantitative estimate of drug-likeness (QED) is 0.878. The molecule has 0 amide bonds. The molecule has 1 N–H and O–H groups in total. The molecule has 0 unspecified atom stereocenters. The third-order valence-electron chi connectivity index (χ3n) is 2.20. The number of hydrogen-bond donors (Lipinski definition) is 1. The van der Waals surface area contributed by atoms with Gasteiger partial charge in [0.25, 0.3) is 0 Å². The van der Waals surface area contributed by atoms with E-state index in [2.05, 4.69) is 4.72 Å². The van der Waals surface area contributed by atoms with Gasteiger partial charge in [-0.15, -0.1) is 0 Å². The molecule has 0 fully saturated rings. The fourth-order valence-electron chi connectivity index (χ4n) is 1.39. The summed E-state index contributed by atoms with van der Waals surface area (Å²) in [6.45, 7) is 1.69. The molecule has 96 valence electrons. The van der Waals surface area contributed by atoms with Crippen LogP contribution < -0.4 is 4.72 Å². The Morgan fingerprint density at radius 1 is 1.00 bits per heavy atom. The Morgan fingerprint density at radius 3 is 1.82 bits per heavy atom. The third kappa shape index (κ3) is 4.45. The highest BCUT2D eigenvalue weighted by Gasteiger charge is 2.12. The van der Waals surface area contributed by atoms with Crippen LogP contribution in [0.3, 0.4) is 0 Å². The summed E-state index contributed by atoms with van der Waals surface area (Å²) in [4.78, 5) is 0.216. The van der Waals surface area contributed by atoms with E-state index >= 15 is 0 Å². The maximum Gasteiger partial charge on any atom is 0.209 e. The van der Waals surface area contributed by atoms with Gasteiger partial charge in [-0.25, -0.2) is 21.6 Å². The van der Waals surface area contributed by atoms with E-state index in [0.29, 0.717) is 5.56 Å². The zero-order valence-corrected chi connectivity index (χ0v) is 11.5. The fourth-order valence-corrected chi connectivity index (χ4v) is 2.80. The summed E-state index contributed by atoms with van der Waals surface area (Å²) in [5, 5.41) is 0. The van der Waals surface area contributed by atoms with E-state index in [0.717, 1.165) is 12.5 Å². The highest BCUT2D eigenvalue weighted by atomic mass is 32.2. The molecular formula is C10H15NO4S2. The van der Waals surface area contributed by atoms with E-state index in [1.54, 1.807) is 19.1 Å². The number of nitrogens with one attached hydrogen (secondary N) is 1. The van der Waals surface area contributed by atoms with Crippen molar-refractivity contribution >= 4 is 19.9 Å². The molecule has 17 heavy (non-hydrogen) atoms. The molecule has 0 radical (unpaired) electrons. The second kappa shape index (κ2) is 4.75. The van der Waals surface area contributed by atoms with Gasteiger partial charge >= 0.3 is 0 Å². The maximum absolute atomic E-state index is 11.2. The van der Waals surface area contributed by atoms with Gasteiger partial charge in [0.05, 0.1) is 11.2 Å². The van der Waals surface area contributed by atoms with E-state index in [1.807, 2.05) is 0 Å². The second-order valence-corrected chi connectivity index (χ2v) is 7.75. The van der Waals surface area contributed by atoms with Gasteiger partial charge in [0.15, 0.2) is 9.84 Å². The van der Waals surface area contributed by atoms with Gasteiger partial charge in [-0.3, -0.25) is 0 Å². The number of rotatable bonds is 4. The van der Waals surface area contributed by atoms with Crippen molar-refractivity contribution in [3.05, 3.63) is 29.8 Å². The van der Waals surface area contributed by atoms with E-state index < -0.39 is 25.9 Å². The van der Waals surface area contributed by atoms with Crippen LogP contribution >= 0.6 is 0 Å². The average Bonchev–Trinajstić information content (AvgIpc) is 2.14. The lowest BCUT2D eigenvalue weighted by atomic mass is 10.1. The first-order valence-electron chi connectivity index (χ1n) is 4.87. The van der Waals surface area contributed by atoms with Crippen molar-refractivity contribution in [1.82, 2.24) is 4.72 Å². The van der Waals surface area contributed by atoms with Crippen LogP contribution in [-0.2, 0) is 19.9 Å². The van der Waals surface area contributed by atoms with Gasteiger partial charge in [-0.05, 0) is 24.6 Å². The molecule has 0 aromatic heterocycles. The monoisotopic (exact) mass is 277 g/mol. The topological polar surface area (TPSA) is 80.3 Å². The summed E-state index contributed by atoms with van der Waals surface area (Å²) >= 11 is 0. The van der Waals surface area contributed by atoms with Crippen LogP contribution in [0.25, 0.3) is 0 Å². The molecule has 0 aliphatic rings. The lowest BCUT2D eigenvalue weighted by Crippen LogP contribution is -2.25. The predicted molar refractivity (Wildman–Crippen MR) is 65.9 cm³/mol. The zero-order valence-electron chi connectivity index (χ0n) is 9.84. The van der Waals surface area contributed by atoms with Crippen molar-refractivity contribution in [1.29, 1.82) is 0 Å². The van der Waals surface area contributed by atoms with Gasteiger partial charge in [-0.1, -0.05) is 12.1 Å². The van der Waals surface area contributed by atoms with Crippen molar-refractivity contribution < 1.29 is 16.8 Å². The van der Waals surface area contributed by atoms with Crippen LogP contribution in [0.15, 0.2) is 29.2 Å². The molecule has 1 aromatic rings. The lowest BCUT2D eigenvalue weighted by Gasteiger charge is -2.12. The third-order valence-corrected chi connectivity index (χ3v) is 4.11. The summed E-state index contributed by atoms with van der Waals surface area (Å²) in [5.74, 6) is 0. The second-order valence-electron chi connectivity index (χ2n) is 3.95. The molecule has 1 aromatic carbocycles. The van der Waals surface area contributed by atoms with Gasteiger partial charge in [0.2, 0.25) is 10.0 Å². The van der Waals surface area contributed by atoms with Gasteiger partial charge in [0, 0.05) is 12.3 Å². The Kier molecular flexibility index (Phi) is 3.95. The smallest absolute Gasteiger partial charge is 0.209 e. The molecular weight excluding hydrogens is 262 g/mol. The Labute approximate surface area is 102 Å². The predicted octanol–water partition coefficient (Wildman–Crippen LogP) is 0.700. The van der Waals surface area contributed by atoms with Crippen LogP contribution in [0, 0.1) is 0 Å². The molecule has 5 nitrogen and oxygen atoms in total. The summed E-state index contributed by atoms with van der Waals surface area (Å²) in [7, 11) is -6.50. The summed E-state index contributed by atoms with van der Waals surface area (Å²) in [6.07, 6.45) is 2.20. The minimum Gasteiger partial charge on any atom is -0.224 e. The molecule has 0 spiro atoms. The molecule has 0 heterocycles. The Bertz CT molecular complexity index is 588. The first-order valence-corrected chi connectivity index (χ1v) is 8.65. The van der Waals surface area contributed by atoms with Crippen molar-refractivity contribution in [2.24, 2.45) is 0 Å². The molecule has 0 aliphatic carbocycles. The van der Waals surface area contributed by atoms with Crippen LogP contribution in [-0.4, -0.2) is 29.3 Å². The molecule has 1 atom stereocenters. The molecule has 0 bridgehead atoms. The van der Waals surface area contributed by atoms with E-state index in [9.17, 15) is 16.8 Å². The van der Waals surface area contributed by atoms with Gasteiger partial charge in [-0.2, -0.15) is 0 Å². The standard InChI is InChI=1S/C10H15NO4S2/c1-8(11-17(3,14)15)9-4-6-10(7-5-9)16(2,12)13/h4-8,11H,1-3H3/t8-/m0/s1. The molecule has 0 saturated carbocycles. The SMILES string of the molecule is C[C@H](NS(C)(=O)=O)c1ccc(S(C)(=O)=O)cc1. The number of hydrogen-bond acceptors (Lipinski definition) is 4. The van der Waals surface area contributed by atoms with E-state index in [1.165, 1.54) is 12.1 Å². The highest BCUT2D eigenvalue weighted by molar-refractivity contribution is 7.90. The molecule has 0 aliphatic heterocycles. The fraction of sp³-hybridized carbons (Fsp3) is 0.400. The first kappa shape index (κ1) is 14.1. The Hall–Kier alpha value is -0.920. The zero-order chi connectivity index (χ0) is 13.3. The minimum atomic E-state index is -3.28. The van der Waals surface area contributed by atoms with Crippen LogP contribution in [0.2, 0.25) is 0 Å². The molecule has 1 rings (SSSR count). The van der Waals surface area contributed by atoms with Gasteiger partial charge in [0.1, 0.15) is 0 Å². The average molecular weight is 277 g/mol. The summed E-state index contributed by atoms with van der Waals surface area (Å²) in [6, 6.07) is 5.73. The van der Waals surface area contributed by atoms with Crippen molar-refractivity contribution in [2.75, 3.05) is 12.5 Å². The number of benzene rings is 1. The Balaban J connectivity index is 2.96. The van der Waals surface area contributed by atoms with Crippen LogP contribution in [0.4, 0.5) is 0 Å². The van der Waals surface area contributed by atoms with Crippen LogP contribution in [0.5, 0.6) is 0 Å². The molecule has 7 heteroatoms. The van der Waals surface area contributed by atoms with E-state index in [-0.39, 0.29) is 4.90 Å². The number of sulfone groups is 1. The van der Waals surface area contributed by atoms with Gasteiger partial charge < -0.3 is 0 Å². The summed E-state index contributed by atoms with van der Waals surface area (Å²) < 4.78 is 46.9. The first-order chi connectivity index (χ1) is 7.59. The lowest BCUT2D eigenvalue weighted by molar-refractivity contribution is 0.572. The van der Waals surface area contributed by atoms with Crippen molar-refractivity contribution in [3.63, 3.8) is 0 Å². The number of sulfonamides is 1. The van der Waals surface area contributed by atoms with Crippen LogP contribution in [0.1, 0.15) is 18.5 Å². The van der Waals surface area contributed by atoms with Crippen molar-refractivity contribution in [3.8, 4) is 0 Å². The highest BCUT2D eigenvalue weighted by Crippen LogP contribution is 2.16. The summed E-state index contributed by atoms with van der Waals surface area (Å²) in [5.41, 5.74) is 0.711. The minimum absolute atomic E-state index is 0.216. The van der Waals surface area contributed by atoms with Crippen molar-refractivity contribution in [2.45, 2.75) is 17.9 Å². The molecule has 0 saturated heterocycles. The Morgan fingerprint density at radius 2 is 1.47 bits per heavy atom. The maximum atomic E-state index is 11.2. The normalized spacial score (nSPS) is 14.5. The largest absolute Gasteiger partial charge is 0.224 e.